The van der Waals surface area contributed by atoms with Crippen LogP contribution in [0.15, 0.2) is 22.7 Å². The lowest BCUT2D eigenvalue weighted by atomic mass is 10.2. The number of aromatic nitrogens is 2. The van der Waals surface area contributed by atoms with Crippen LogP contribution < -0.4 is 5.32 Å². The van der Waals surface area contributed by atoms with Crippen molar-refractivity contribution < 1.29 is 14.7 Å². The lowest BCUT2D eigenvalue weighted by molar-refractivity contribution is 0.367. The lowest BCUT2D eigenvalue weighted by Gasteiger charge is -1.98. The number of phenolic OH excluding ortho intramolecular Hbond substituents is 2. The quantitative estimate of drug-likeness (QED) is 0.709. The molecule has 0 radical (unpaired) electrons. The van der Waals surface area contributed by atoms with Gasteiger partial charge in [0.2, 0.25) is 11.7 Å². The minimum absolute atomic E-state index is 0.168. The minimum Gasteiger partial charge on any atom is -0.504 e. The van der Waals surface area contributed by atoms with E-state index >= 15 is 0 Å². The first-order valence-electron chi connectivity index (χ1n) is 6.28. The Bertz CT molecular complexity index is 578. The van der Waals surface area contributed by atoms with Gasteiger partial charge in [-0.3, -0.25) is 0 Å². The minimum atomic E-state index is -0.198. The Labute approximate surface area is 110 Å². The molecule has 2 aromatic rings. The number of nitrogens with one attached hydrogen (secondary N) is 1. The molecule has 0 aliphatic heterocycles. The van der Waals surface area contributed by atoms with E-state index in [1.807, 2.05) is 0 Å². The van der Waals surface area contributed by atoms with Crippen LogP contribution in [0.3, 0.4) is 0 Å². The fourth-order valence-electron chi connectivity index (χ4n) is 1.81. The van der Waals surface area contributed by atoms with Crippen molar-refractivity contribution in [2.75, 3.05) is 6.54 Å². The van der Waals surface area contributed by atoms with Crippen LogP contribution in [0.4, 0.5) is 0 Å². The summed E-state index contributed by atoms with van der Waals surface area (Å²) in [5, 5.41) is 25.8. The SMILES string of the molecule is Oc1ccc(-c2noc(CNCC3CC3)n2)cc1O. The Morgan fingerprint density at radius 3 is 2.84 bits per heavy atom. The van der Waals surface area contributed by atoms with E-state index in [0.717, 1.165) is 12.5 Å². The van der Waals surface area contributed by atoms with Crippen LogP contribution in [0, 0.1) is 5.92 Å². The zero-order chi connectivity index (χ0) is 13.2. The van der Waals surface area contributed by atoms with Gasteiger partial charge in [-0.2, -0.15) is 4.98 Å². The average Bonchev–Trinajstić information content (AvgIpc) is 3.10. The van der Waals surface area contributed by atoms with E-state index in [0.29, 0.717) is 23.8 Å². The number of aromatic hydroxyl groups is 2. The maximum absolute atomic E-state index is 9.43. The van der Waals surface area contributed by atoms with Crippen LogP contribution >= 0.6 is 0 Å². The maximum atomic E-state index is 9.43. The largest absolute Gasteiger partial charge is 0.504 e. The van der Waals surface area contributed by atoms with Gasteiger partial charge in [0.05, 0.1) is 6.54 Å². The smallest absolute Gasteiger partial charge is 0.240 e. The molecule has 1 aromatic heterocycles. The van der Waals surface area contributed by atoms with Crippen molar-refractivity contribution in [2.45, 2.75) is 19.4 Å². The van der Waals surface area contributed by atoms with Crippen LogP contribution in [0.2, 0.25) is 0 Å². The molecule has 0 amide bonds. The van der Waals surface area contributed by atoms with Gasteiger partial charge in [-0.1, -0.05) is 5.16 Å². The van der Waals surface area contributed by atoms with Gasteiger partial charge in [0.1, 0.15) is 0 Å². The van der Waals surface area contributed by atoms with E-state index in [1.54, 1.807) is 6.07 Å². The van der Waals surface area contributed by atoms with E-state index in [4.69, 9.17) is 4.52 Å². The number of rotatable bonds is 5. The van der Waals surface area contributed by atoms with Crippen molar-refractivity contribution in [3.8, 4) is 22.9 Å². The standard InChI is InChI=1S/C13H15N3O3/c17-10-4-3-9(5-11(10)18)13-15-12(19-16-13)7-14-6-8-1-2-8/h3-5,8,14,17-18H,1-2,6-7H2. The predicted octanol–water partition coefficient (Wildman–Crippen LogP) is 1.65. The van der Waals surface area contributed by atoms with Crippen molar-refractivity contribution >= 4 is 0 Å². The molecule has 6 heteroatoms. The molecule has 0 saturated heterocycles. The highest BCUT2D eigenvalue weighted by Crippen LogP contribution is 2.29. The lowest BCUT2D eigenvalue weighted by Crippen LogP contribution is -2.16. The molecular weight excluding hydrogens is 246 g/mol. The zero-order valence-electron chi connectivity index (χ0n) is 10.3. The molecule has 0 bridgehead atoms. The molecular formula is C13H15N3O3. The summed E-state index contributed by atoms with van der Waals surface area (Å²) < 4.78 is 5.12. The van der Waals surface area contributed by atoms with Gasteiger partial charge in [0.25, 0.3) is 0 Å². The summed E-state index contributed by atoms with van der Waals surface area (Å²) in [5.41, 5.74) is 0.604. The second-order valence-corrected chi connectivity index (χ2v) is 4.79. The fraction of sp³-hybridized carbons (Fsp3) is 0.385. The first-order valence-corrected chi connectivity index (χ1v) is 6.28. The average molecular weight is 261 g/mol. The van der Waals surface area contributed by atoms with E-state index in [9.17, 15) is 10.2 Å². The summed E-state index contributed by atoms with van der Waals surface area (Å²) in [6, 6.07) is 4.43. The Morgan fingerprint density at radius 1 is 1.26 bits per heavy atom. The maximum Gasteiger partial charge on any atom is 0.240 e. The molecule has 1 saturated carbocycles. The predicted molar refractivity (Wildman–Crippen MR) is 67.5 cm³/mol. The van der Waals surface area contributed by atoms with E-state index in [1.165, 1.54) is 25.0 Å². The summed E-state index contributed by atoms with van der Waals surface area (Å²) in [5.74, 6) is 1.35. The van der Waals surface area contributed by atoms with Crippen LogP contribution in [-0.2, 0) is 6.54 Å². The van der Waals surface area contributed by atoms with Crippen molar-refractivity contribution in [3.05, 3.63) is 24.1 Å². The number of nitrogens with zero attached hydrogens (tertiary/aromatic N) is 2. The van der Waals surface area contributed by atoms with Crippen molar-refractivity contribution in [1.82, 2.24) is 15.5 Å². The third kappa shape index (κ3) is 2.85. The normalized spacial score (nSPS) is 14.7. The number of hydrogen-bond acceptors (Lipinski definition) is 6. The highest BCUT2D eigenvalue weighted by molar-refractivity contribution is 5.59. The van der Waals surface area contributed by atoms with Gasteiger partial charge >= 0.3 is 0 Å². The fourth-order valence-corrected chi connectivity index (χ4v) is 1.81. The zero-order valence-corrected chi connectivity index (χ0v) is 10.3. The highest BCUT2D eigenvalue weighted by atomic mass is 16.5. The first-order chi connectivity index (χ1) is 9.22. The molecule has 1 aliphatic rings. The van der Waals surface area contributed by atoms with Gasteiger partial charge in [-0.05, 0) is 43.5 Å². The van der Waals surface area contributed by atoms with Gasteiger partial charge in [0, 0.05) is 5.56 Å². The van der Waals surface area contributed by atoms with Crippen LogP contribution in [-0.4, -0.2) is 26.9 Å². The Kier molecular flexibility index (Phi) is 3.08. The third-order valence-electron chi connectivity index (χ3n) is 3.11. The molecule has 0 unspecified atom stereocenters. The van der Waals surface area contributed by atoms with E-state index in [-0.39, 0.29) is 11.5 Å². The topological polar surface area (TPSA) is 91.4 Å². The summed E-state index contributed by atoms with van der Waals surface area (Å²) >= 11 is 0. The molecule has 1 aromatic carbocycles. The summed E-state index contributed by atoms with van der Waals surface area (Å²) in [6.07, 6.45) is 2.60. The Morgan fingerprint density at radius 2 is 2.11 bits per heavy atom. The molecule has 1 fully saturated rings. The third-order valence-corrected chi connectivity index (χ3v) is 3.11. The van der Waals surface area contributed by atoms with Gasteiger partial charge < -0.3 is 20.1 Å². The molecule has 0 atom stereocenters. The highest BCUT2D eigenvalue weighted by Gasteiger charge is 2.20. The molecule has 1 aliphatic carbocycles. The number of phenols is 2. The van der Waals surface area contributed by atoms with Crippen LogP contribution in [0.1, 0.15) is 18.7 Å². The molecule has 1 heterocycles. The van der Waals surface area contributed by atoms with E-state index in [2.05, 4.69) is 15.5 Å². The van der Waals surface area contributed by atoms with Gasteiger partial charge in [-0.15, -0.1) is 0 Å². The van der Waals surface area contributed by atoms with Crippen molar-refractivity contribution in [3.63, 3.8) is 0 Å². The van der Waals surface area contributed by atoms with Crippen LogP contribution in [0.25, 0.3) is 11.4 Å². The molecule has 0 spiro atoms. The van der Waals surface area contributed by atoms with Gasteiger partial charge in [-0.25, -0.2) is 0 Å². The van der Waals surface area contributed by atoms with Crippen molar-refractivity contribution in [2.24, 2.45) is 5.92 Å². The molecule has 3 rings (SSSR count). The number of hydrogen-bond donors (Lipinski definition) is 3. The first kappa shape index (κ1) is 12.0. The Hall–Kier alpha value is -2.08. The monoisotopic (exact) mass is 261 g/mol. The summed E-state index contributed by atoms with van der Waals surface area (Å²) in [4.78, 5) is 4.24. The molecule has 100 valence electrons. The number of benzene rings is 1. The van der Waals surface area contributed by atoms with E-state index < -0.39 is 0 Å². The van der Waals surface area contributed by atoms with Crippen molar-refractivity contribution in [1.29, 1.82) is 0 Å². The Balaban J connectivity index is 1.67. The molecule has 19 heavy (non-hydrogen) atoms. The van der Waals surface area contributed by atoms with Gasteiger partial charge in [0.15, 0.2) is 11.5 Å². The second-order valence-electron chi connectivity index (χ2n) is 4.79. The van der Waals surface area contributed by atoms with Crippen LogP contribution in [0.5, 0.6) is 11.5 Å². The molecule has 3 N–H and O–H groups in total. The second kappa shape index (κ2) is 4.89. The molecule has 6 nitrogen and oxygen atoms in total. The summed E-state index contributed by atoms with van der Waals surface area (Å²) in [6.45, 7) is 1.53. The summed E-state index contributed by atoms with van der Waals surface area (Å²) in [7, 11) is 0.